The van der Waals surface area contributed by atoms with E-state index in [9.17, 15) is 0 Å². The van der Waals surface area contributed by atoms with E-state index < -0.39 is 0 Å². The molecule has 20 heavy (non-hydrogen) atoms. The fraction of sp³-hybridized carbons (Fsp3) is 0.647. The van der Waals surface area contributed by atoms with E-state index in [-0.39, 0.29) is 0 Å². The van der Waals surface area contributed by atoms with Crippen LogP contribution in [-0.2, 0) is 0 Å². The van der Waals surface area contributed by atoms with E-state index in [2.05, 4.69) is 79.0 Å². The van der Waals surface area contributed by atoms with Gasteiger partial charge in [-0.1, -0.05) is 19.9 Å². The van der Waals surface area contributed by atoms with Gasteiger partial charge in [0, 0.05) is 23.1 Å². The van der Waals surface area contributed by atoms with E-state index in [1.54, 1.807) is 0 Å². The van der Waals surface area contributed by atoms with E-state index in [1.807, 2.05) is 0 Å². The van der Waals surface area contributed by atoms with E-state index in [0.29, 0.717) is 12.1 Å². The average Bonchev–Trinajstić information content (AvgIpc) is 2.46. The number of hydrogen-bond acceptors (Lipinski definition) is 2. The third kappa shape index (κ3) is 4.49. The van der Waals surface area contributed by atoms with Crippen LogP contribution in [0.5, 0.6) is 0 Å². The summed E-state index contributed by atoms with van der Waals surface area (Å²) in [4.78, 5) is 2.46. The van der Waals surface area contributed by atoms with Crippen molar-refractivity contribution in [3.63, 3.8) is 0 Å². The highest BCUT2D eigenvalue weighted by Crippen LogP contribution is 2.31. The minimum Gasteiger partial charge on any atom is -0.368 e. The average molecular weight is 341 g/mol. The molecule has 0 bridgehead atoms. The first-order valence-electron chi connectivity index (χ1n) is 7.84. The zero-order chi connectivity index (χ0) is 15.1. The van der Waals surface area contributed by atoms with Crippen molar-refractivity contribution in [1.82, 2.24) is 5.32 Å². The summed E-state index contributed by atoms with van der Waals surface area (Å²) in [5.41, 5.74) is 2.64. The predicted molar refractivity (Wildman–Crippen MR) is 93.6 cm³/mol. The molecule has 2 nitrogen and oxygen atoms in total. The second-order valence-corrected chi connectivity index (χ2v) is 6.28. The molecule has 0 saturated carbocycles. The summed E-state index contributed by atoms with van der Waals surface area (Å²) in [5, 5.41) is 3.54. The number of hydrogen-bond donors (Lipinski definition) is 1. The maximum absolute atomic E-state index is 3.75. The minimum absolute atomic E-state index is 0.402. The van der Waals surface area contributed by atoms with E-state index in [1.165, 1.54) is 22.1 Å². The molecule has 1 rings (SSSR count). The van der Waals surface area contributed by atoms with Crippen molar-refractivity contribution >= 4 is 21.6 Å². The van der Waals surface area contributed by atoms with Crippen molar-refractivity contribution in [2.24, 2.45) is 0 Å². The van der Waals surface area contributed by atoms with Crippen molar-refractivity contribution in [3.8, 4) is 0 Å². The molecule has 1 aromatic rings. The monoisotopic (exact) mass is 340 g/mol. The molecule has 0 amide bonds. The van der Waals surface area contributed by atoms with E-state index in [0.717, 1.165) is 19.5 Å². The fourth-order valence-electron chi connectivity index (χ4n) is 2.44. The molecular weight excluding hydrogens is 312 g/mol. The second kappa shape index (κ2) is 8.68. The maximum atomic E-state index is 3.75. The third-order valence-electron chi connectivity index (χ3n) is 3.95. The third-order valence-corrected chi connectivity index (χ3v) is 4.58. The van der Waals surface area contributed by atoms with Crippen molar-refractivity contribution in [2.45, 2.75) is 59.5 Å². The quantitative estimate of drug-likeness (QED) is 0.705. The van der Waals surface area contributed by atoms with Crippen LogP contribution in [-0.4, -0.2) is 19.1 Å². The molecule has 0 aromatic heterocycles. The molecule has 3 heteroatoms. The summed E-state index contributed by atoms with van der Waals surface area (Å²) in [7, 11) is 0. The van der Waals surface area contributed by atoms with E-state index in [4.69, 9.17) is 0 Å². The Bertz CT molecular complexity index is 406. The number of nitrogens with one attached hydrogen (secondary N) is 1. The van der Waals surface area contributed by atoms with E-state index >= 15 is 0 Å². The molecular formula is C17H29BrN2. The lowest BCUT2D eigenvalue weighted by Crippen LogP contribution is -2.32. The Morgan fingerprint density at radius 1 is 1.20 bits per heavy atom. The summed E-state index contributed by atoms with van der Waals surface area (Å²) >= 11 is 3.75. The zero-order valence-electron chi connectivity index (χ0n) is 13.5. The van der Waals surface area contributed by atoms with Gasteiger partial charge >= 0.3 is 0 Å². The molecule has 0 saturated heterocycles. The molecule has 2 atom stereocenters. The standard InChI is InChI=1S/C17H29BrN2/c1-6-11-19-14(5)15-9-10-17(16(18)12-15)20(8-3)13(4)7-2/h9-10,12-14,19H,6-8,11H2,1-5H3. The number of halogens is 1. The summed E-state index contributed by atoms with van der Waals surface area (Å²) in [6, 6.07) is 7.72. The molecule has 114 valence electrons. The number of nitrogens with zero attached hydrogens (tertiary/aromatic N) is 1. The van der Waals surface area contributed by atoms with Crippen molar-refractivity contribution in [1.29, 1.82) is 0 Å². The zero-order valence-corrected chi connectivity index (χ0v) is 15.1. The van der Waals surface area contributed by atoms with Crippen LogP contribution in [0.2, 0.25) is 0 Å². The lowest BCUT2D eigenvalue weighted by Gasteiger charge is -2.31. The lowest BCUT2D eigenvalue weighted by molar-refractivity contribution is 0.570. The smallest absolute Gasteiger partial charge is 0.0513 e. The number of rotatable bonds is 8. The largest absolute Gasteiger partial charge is 0.368 e. The van der Waals surface area contributed by atoms with Gasteiger partial charge in [-0.3, -0.25) is 0 Å². The molecule has 0 spiro atoms. The second-order valence-electron chi connectivity index (χ2n) is 5.43. The Labute approximate surface area is 133 Å². The summed E-state index contributed by atoms with van der Waals surface area (Å²) in [5.74, 6) is 0. The van der Waals surface area contributed by atoms with Gasteiger partial charge in [0.05, 0.1) is 5.69 Å². The molecule has 0 aliphatic carbocycles. The SMILES string of the molecule is CCCNC(C)c1ccc(N(CC)C(C)CC)c(Br)c1. The van der Waals surface area contributed by atoms with Gasteiger partial charge < -0.3 is 10.2 Å². The van der Waals surface area contributed by atoms with Crippen molar-refractivity contribution in [3.05, 3.63) is 28.2 Å². The minimum atomic E-state index is 0.402. The Morgan fingerprint density at radius 3 is 2.40 bits per heavy atom. The predicted octanol–water partition coefficient (Wildman–Crippen LogP) is 5.13. The first kappa shape index (κ1) is 17.5. The van der Waals surface area contributed by atoms with Crippen LogP contribution in [0.4, 0.5) is 5.69 Å². The van der Waals surface area contributed by atoms with Crippen LogP contribution in [0.25, 0.3) is 0 Å². The Balaban J connectivity index is 2.92. The van der Waals surface area contributed by atoms with Gasteiger partial charge in [-0.05, 0) is 73.8 Å². The first-order chi connectivity index (χ1) is 9.54. The summed E-state index contributed by atoms with van der Waals surface area (Å²) < 4.78 is 1.20. The molecule has 0 aliphatic heterocycles. The highest BCUT2D eigenvalue weighted by molar-refractivity contribution is 9.10. The van der Waals surface area contributed by atoms with Crippen molar-refractivity contribution in [2.75, 3.05) is 18.0 Å². The van der Waals surface area contributed by atoms with Gasteiger partial charge in [0.2, 0.25) is 0 Å². The van der Waals surface area contributed by atoms with Crippen LogP contribution in [0.3, 0.4) is 0 Å². The van der Waals surface area contributed by atoms with Crippen LogP contribution in [0.1, 0.15) is 59.1 Å². The molecule has 2 unspecified atom stereocenters. The van der Waals surface area contributed by atoms with Gasteiger partial charge in [-0.15, -0.1) is 0 Å². The number of benzene rings is 1. The molecule has 0 fully saturated rings. The van der Waals surface area contributed by atoms with Gasteiger partial charge in [0.15, 0.2) is 0 Å². The van der Waals surface area contributed by atoms with Gasteiger partial charge in [0.25, 0.3) is 0 Å². The molecule has 0 aliphatic rings. The van der Waals surface area contributed by atoms with Crippen LogP contribution < -0.4 is 10.2 Å². The Kier molecular flexibility index (Phi) is 7.60. The van der Waals surface area contributed by atoms with Gasteiger partial charge in [-0.2, -0.15) is 0 Å². The lowest BCUT2D eigenvalue weighted by atomic mass is 10.1. The molecule has 1 N–H and O–H groups in total. The number of anilines is 1. The maximum Gasteiger partial charge on any atom is 0.0513 e. The fourth-order valence-corrected chi connectivity index (χ4v) is 3.07. The highest BCUT2D eigenvalue weighted by Gasteiger charge is 2.15. The molecule has 0 radical (unpaired) electrons. The summed E-state index contributed by atoms with van der Waals surface area (Å²) in [6.07, 6.45) is 2.33. The van der Waals surface area contributed by atoms with Crippen molar-refractivity contribution < 1.29 is 0 Å². The van der Waals surface area contributed by atoms with Gasteiger partial charge in [0.1, 0.15) is 0 Å². The highest BCUT2D eigenvalue weighted by atomic mass is 79.9. The molecule has 1 aromatic carbocycles. The van der Waals surface area contributed by atoms with Crippen LogP contribution >= 0.6 is 15.9 Å². The van der Waals surface area contributed by atoms with Gasteiger partial charge in [-0.25, -0.2) is 0 Å². The normalized spacial score (nSPS) is 14.1. The Morgan fingerprint density at radius 2 is 1.90 bits per heavy atom. The topological polar surface area (TPSA) is 15.3 Å². The van der Waals surface area contributed by atoms with Crippen LogP contribution in [0, 0.1) is 0 Å². The Hall–Kier alpha value is -0.540. The first-order valence-corrected chi connectivity index (χ1v) is 8.63. The van der Waals surface area contributed by atoms with Crippen LogP contribution in [0.15, 0.2) is 22.7 Å². The molecule has 0 heterocycles. The summed E-state index contributed by atoms with van der Waals surface area (Å²) in [6.45, 7) is 13.3.